The van der Waals surface area contributed by atoms with Crippen molar-refractivity contribution in [2.24, 2.45) is 0 Å². The highest BCUT2D eigenvalue weighted by Gasteiger charge is 2.39. The van der Waals surface area contributed by atoms with E-state index in [0.717, 1.165) is 23.0 Å². The first-order chi connectivity index (χ1) is 12.9. The van der Waals surface area contributed by atoms with Crippen LogP contribution in [-0.4, -0.2) is 15.7 Å². The fraction of sp³-hybridized carbons (Fsp3) is 0.368. The van der Waals surface area contributed by atoms with E-state index in [9.17, 15) is 18.0 Å². The van der Waals surface area contributed by atoms with Crippen LogP contribution in [0.25, 0.3) is 11.0 Å². The second-order valence-electron chi connectivity index (χ2n) is 6.71. The SMILES string of the molecule is O=C(Cn1nc(C(F)(F)F)c2c1CCCC2)NCc1ccc2occc2c1. The number of carbonyl (C=O) groups is 1. The number of halogens is 3. The Kier molecular flexibility index (Phi) is 4.41. The number of rotatable bonds is 4. The van der Waals surface area contributed by atoms with Crippen molar-refractivity contribution in [3.05, 3.63) is 53.0 Å². The third kappa shape index (κ3) is 3.56. The van der Waals surface area contributed by atoms with E-state index < -0.39 is 11.9 Å². The van der Waals surface area contributed by atoms with Crippen molar-refractivity contribution in [2.45, 2.75) is 44.9 Å². The molecule has 0 aliphatic heterocycles. The topological polar surface area (TPSA) is 60.1 Å². The first kappa shape index (κ1) is 17.6. The van der Waals surface area contributed by atoms with Gasteiger partial charge < -0.3 is 9.73 Å². The van der Waals surface area contributed by atoms with Crippen molar-refractivity contribution in [3.63, 3.8) is 0 Å². The van der Waals surface area contributed by atoms with Crippen LogP contribution in [0.15, 0.2) is 34.9 Å². The van der Waals surface area contributed by atoms with Crippen LogP contribution in [0.2, 0.25) is 0 Å². The first-order valence-corrected chi connectivity index (χ1v) is 8.80. The summed E-state index contributed by atoms with van der Waals surface area (Å²) in [5, 5.41) is 7.39. The van der Waals surface area contributed by atoms with Crippen molar-refractivity contribution in [3.8, 4) is 0 Å². The largest absolute Gasteiger partial charge is 0.464 e. The quantitative estimate of drug-likeness (QED) is 0.752. The summed E-state index contributed by atoms with van der Waals surface area (Å²) >= 11 is 0. The summed E-state index contributed by atoms with van der Waals surface area (Å²) in [6.45, 7) is 0.0713. The van der Waals surface area contributed by atoms with E-state index in [4.69, 9.17) is 4.42 Å². The predicted octanol–water partition coefficient (Wildman–Crippen LogP) is 3.84. The smallest absolute Gasteiger partial charge is 0.435 e. The van der Waals surface area contributed by atoms with Crippen molar-refractivity contribution in [2.75, 3.05) is 0 Å². The number of alkyl halides is 3. The van der Waals surface area contributed by atoms with Gasteiger partial charge in [0.1, 0.15) is 12.1 Å². The molecule has 1 N–H and O–H groups in total. The van der Waals surface area contributed by atoms with E-state index >= 15 is 0 Å². The summed E-state index contributed by atoms with van der Waals surface area (Å²) in [7, 11) is 0. The molecule has 0 saturated heterocycles. The molecule has 1 amide bonds. The molecule has 1 aromatic carbocycles. The van der Waals surface area contributed by atoms with E-state index in [1.807, 2.05) is 24.3 Å². The second kappa shape index (κ2) is 6.75. The number of amides is 1. The van der Waals surface area contributed by atoms with E-state index in [0.29, 0.717) is 25.0 Å². The van der Waals surface area contributed by atoms with Gasteiger partial charge in [-0.1, -0.05) is 6.07 Å². The van der Waals surface area contributed by atoms with Gasteiger partial charge in [-0.05, 0) is 49.4 Å². The number of furan rings is 1. The molecule has 0 unspecified atom stereocenters. The second-order valence-corrected chi connectivity index (χ2v) is 6.71. The van der Waals surface area contributed by atoms with Gasteiger partial charge in [0.15, 0.2) is 5.69 Å². The summed E-state index contributed by atoms with van der Waals surface area (Å²) in [5.41, 5.74) is 1.56. The van der Waals surface area contributed by atoms with Crippen LogP contribution in [0.1, 0.15) is 35.4 Å². The number of carbonyl (C=O) groups excluding carboxylic acids is 1. The molecule has 0 saturated carbocycles. The van der Waals surface area contributed by atoms with Gasteiger partial charge in [0, 0.05) is 23.2 Å². The number of nitrogens with zero attached hydrogens (tertiary/aromatic N) is 2. The van der Waals surface area contributed by atoms with Gasteiger partial charge in [-0.25, -0.2) is 0 Å². The normalized spacial score (nSPS) is 14.3. The van der Waals surface area contributed by atoms with Crippen molar-refractivity contribution in [1.82, 2.24) is 15.1 Å². The zero-order chi connectivity index (χ0) is 19.0. The maximum absolute atomic E-state index is 13.2. The highest BCUT2D eigenvalue weighted by atomic mass is 19.4. The molecule has 3 aromatic rings. The average molecular weight is 377 g/mol. The molecule has 0 spiro atoms. The van der Waals surface area contributed by atoms with Crippen LogP contribution in [0.5, 0.6) is 0 Å². The van der Waals surface area contributed by atoms with Gasteiger partial charge >= 0.3 is 6.18 Å². The molecule has 0 fully saturated rings. The number of hydrogen-bond acceptors (Lipinski definition) is 3. The van der Waals surface area contributed by atoms with E-state index in [1.165, 1.54) is 4.68 Å². The van der Waals surface area contributed by atoms with Gasteiger partial charge in [-0.15, -0.1) is 0 Å². The Balaban J connectivity index is 1.47. The van der Waals surface area contributed by atoms with E-state index in [2.05, 4.69) is 10.4 Å². The van der Waals surface area contributed by atoms with Crippen molar-refractivity contribution in [1.29, 1.82) is 0 Å². The average Bonchev–Trinajstić information content (AvgIpc) is 3.24. The Morgan fingerprint density at radius 1 is 1.22 bits per heavy atom. The maximum Gasteiger partial charge on any atom is 0.435 e. The Morgan fingerprint density at radius 3 is 2.85 bits per heavy atom. The Morgan fingerprint density at radius 2 is 2.04 bits per heavy atom. The molecule has 2 heterocycles. The number of fused-ring (bicyclic) bond motifs is 2. The fourth-order valence-electron chi connectivity index (χ4n) is 3.55. The Labute approximate surface area is 153 Å². The molecule has 0 bridgehead atoms. The van der Waals surface area contributed by atoms with Crippen LogP contribution in [0.3, 0.4) is 0 Å². The number of hydrogen-bond donors (Lipinski definition) is 1. The van der Waals surface area contributed by atoms with E-state index in [-0.39, 0.29) is 24.6 Å². The predicted molar refractivity (Wildman–Crippen MR) is 91.9 cm³/mol. The Bertz CT molecular complexity index is 988. The molecule has 0 radical (unpaired) electrons. The molecule has 1 aliphatic carbocycles. The summed E-state index contributed by atoms with van der Waals surface area (Å²) in [4.78, 5) is 12.3. The zero-order valence-electron chi connectivity index (χ0n) is 14.5. The highest BCUT2D eigenvalue weighted by molar-refractivity contribution is 5.78. The lowest BCUT2D eigenvalue weighted by molar-refractivity contribution is -0.142. The summed E-state index contributed by atoms with van der Waals surface area (Å²) in [6, 6.07) is 7.38. The molecule has 5 nitrogen and oxygen atoms in total. The number of benzene rings is 1. The molecule has 2 aromatic heterocycles. The van der Waals surface area contributed by atoms with Crippen molar-refractivity contribution < 1.29 is 22.4 Å². The van der Waals surface area contributed by atoms with Gasteiger partial charge in [0.2, 0.25) is 5.91 Å². The molecule has 8 heteroatoms. The summed E-state index contributed by atoms with van der Waals surface area (Å²) in [6.07, 6.45) is -0.512. The minimum absolute atomic E-state index is 0.216. The minimum Gasteiger partial charge on any atom is -0.464 e. The molecular formula is C19H18F3N3O2. The summed E-state index contributed by atoms with van der Waals surface area (Å²) < 4.78 is 46.1. The molecule has 4 rings (SSSR count). The maximum atomic E-state index is 13.2. The fourth-order valence-corrected chi connectivity index (χ4v) is 3.55. The van der Waals surface area contributed by atoms with Gasteiger partial charge in [0.05, 0.1) is 6.26 Å². The lowest BCUT2D eigenvalue weighted by Gasteiger charge is -2.14. The zero-order valence-corrected chi connectivity index (χ0v) is 14.5. The molecule has 1 aliphatic rings. The molecule has 142 valence electrons. The van der Waals surface area contributed by atoms with Crippen LogP contribution in [0, 0.1) is 0 Å². The number of nitrogens with one attached hydrogen (secondary N) is 1. The lowest BCUT2D eigenvalue weighted by atomic mass is 9.95. The summed E-state index contributed by atoms with van der Waals surface area (Å²) in [5.74, 6) is -0.369. The Hall–Kier alpha value is -2.77. The molecule has 27 heavy (non-hydrogen) atoms. The monoisotopic (exact) mass is 377 g/mol. The van der Waals surface area contributed by atoms with Gasteiger partial charge in [0.25, 0.3) is 0 Å². The standard InChI is InChI=1S/C19H18F3N3O2/c20-19(21,22)18-14-3-1-2-4-15(14)25(24-18)11-17(26)23-10-12-5-6-16-13(9-12)7-8-27-16/h5-9H,1-4,10-11H2,(H,23,26). The van der Waals surface area contributed by atoms with Gasteiger partial charge in [-0.2, -0.15) is 18.3 Å². The van der Waals surface area contributed by atoms with Crippen LogP contribution in [0.4, 0.5) is 13.2 Å². The number of aromatic nitrogens is 2. The van der Waals surface area contributed by atoms with E-state index in [1.54, 1.807) is 6.26 Å². The highest BCUT2D eigenvalue weighted by Crippen LogP contribution is 2.35. The third-order valence-corrected chi connectivity index (χ3v) is 4.83. The molecular weight excluding hydrogens is 359 g/mol. The minimum atomic E-state index is -4.50. The lowest BCUT2D eigenvalue weighted by Crippen LogP contribution is -2.28. The molecule has 0 atom stereocenters. The van der Waals surface area contributed by atoms with Crippen molar-refractivity contribution >= 4 is 16.9 Å². The first-order valence-electron chi connectivity index (χ1n) is 8.80. The van der Waals surface area contributed by atoms with Crippen LogP contribution >= 0.6 is 0 Å². The van der Waals surface area contributed by atoms with Gasteiger partial charge in [-0.3, -0.25) is 9.48 Å². The van der Waals surface area contributed by atoms with Crippen LogP contribution < -0.4 is 5.32 Å². The third-order valence-electron chi connectivity index (χ3n) is 4.83. The van der Waals surface area contributed by atoms with Crippen LogP contribution in [-0.2, 0) is 36.9 Å².